The summed E-state index contributed by atoms with van der Waals surface area (Å²) in [5.41, 5.74) is 4.82. The van der Waals surface area contributed by atoms with Crippen LogP contribution in [0.15, 0.2) is 58.9 Å². The Hall–Kier alpha value is -4.01. The maximum absolute atomic E-state index is 5.24. The van der Waals surface area contributed by atoms with Gasteiger partial charge in [0.25, 0.3) is 0 Å². The van der Waals surface area contributed by atoms with Crippen LogP contribution in [0.2, 0.25) is 0 Å². The van der Waals surface area contributed by atoms with Gasteiger partial charge in [-0.2, -0.15) is 0 Å². The van der Waals surface area contributed by atoms with Crippen molar-refractivity contribution in [2.24, 2.45) is 10.9 Å². The van der Waals surface area contributed by atoms with Gasteiger partial charge >= 0.3 is 0 Å². The summed E-state index contributed by atoms with van der Waals surface area (Å²) in [6.45, 7) is 4.26. The van der Waals surface area contributed by atoms with Crippen LogP contribution in [0.1, 0.15) is 32.5 Å². The number of nitrogens with one attached hydrogen (secondary N) is 2. The van der Waals surface area contributed by atoms with Gasteiger partial charge in [0.2, 0.25) is 11.8 Å². The first-order chi connectivity index (χ1) is 16.5. The molecule has 1 aliphatic carbocycles. The van der Waals surface area contributed by atoms with Gasteiger partial charge in [-0.3, -0.25) is 4.99 Å². The predicted molar refractivity (Wildman–Crippen MR) is 134 cm³/mol. The van der Waals surface area contributed by atoms with Gasteiger partial charge in [0, 0.05) is 49.0 Å². The van der Waals surface area contributed by atoms with Crippen molar-refractivity contribution in [3.05, 3.63) is 59.7 Å². The molecule has 0 aliphatic heterocycles. The minimum Gasteiger partial charge on any atom is -0.481 e. The molecule has 34 heavy (non-hydrogen) atoms. The average molecular weight is 460 g/mol. The maximum atomic E-state index is 5.24. The van der Waals surface area contributed by atoms with Crippen molar-refractivity contribution in [1.82, 2.24) is 19.9 Å². The number of nitrogens with zero attached hydrogens (tertiary/aromatic N) is 5. The van der Waals surface area contributed by atoms with Crippen LogP contribution in [0, 0.1) is 5.92 Å². The minimum absolute atomic E-state index is 0.510. The number of anilines is 4. The molecule has 0 amide bonds. The van der Waals surface area contributed by atoms with Crippen LogP contribution < -0.4 is 20.1 Å². The number of hydrogen-bond donors (Lipinski definition) is 2. The standard InChI is InChI=1S/C25H29N7O2/c1-15(17-6-7-17)16(2)24(26-3)25-31-20(29-18-8-10-27-22(12-18)33-4)14-21(32-25)30-19-9-11-28-23(13-19)34-5/h8-14,17H,6-7H2,1-5H3,(H2,27,28,29,30,31,32)/b16-15+,26-24?. The summed E-state index contributed by atoms with van der Waals surface area (Å²) in [4.78, 5) is 22.5. The molecule has 0 aromatic carbocycles. The molecule has 9 nitrogen and oxygen atoms in total. The number of methoxy groups -OCH3 is 2. The lowest BCUT2D eigenvalue weighted by atomic mass is 10.0. The molecule has 0 spiro atoms. The third-order valence-corrected chi connectivity index (χ3v) is 5.73. The molecule has 0 bridgehead atoms. The van der Waals surface area contributed by atoms with Gasteiger partial charge in [0.1, 0.15) is 17.3 Å². The van der Waals surface area contributed by atoms with E-state index in [0.29, 0.717) is 35.1 Å². The van der Waals surface area contributed by atoms with Gasteiger partial charge < -0.3 is 20.1 Å². The number of aliphatic imine (C=N–C) groups is 1. The van der Waals surface area contributed by atoms with Crippen molar-refractivity contribution in [3.63, 3.8) is 0 Å². The van der Waals surface area contributed by atoms with Crippen LogP contribution in [0.25, 0.3) is 0 Å². The summed E-state index contributed by atoms with van der Waals surface area (Å²) in [6, 6.07) is 9.15. The summed E-state index contributed by atoms with van der Waals surface area (Å²) >= 11 is 0. The van der Waals surface area contributed by atoms with E-state index in [1.54, 1.807) is 45.8 Å². The van der Waals surface area contributed by atoms with E-state index in [1.807, 2.05) is 18.2 Å². The third kappa shape index (κ3) is 5.48. The molecular formula is C25H29N7O2. The predicted octanol–water partition coefficient (Wildman–Crippen LogP) is 4.94. The lowest BCUT2D eigenvalue weighted by Crippen LogP contribution is -2.13. The second kappa shape index (κ2) is 10.3. The SMILES string of the molecule is CN=C(/C(C)=C(\C)C1CC1)c1nc(Nc2ccnc(OC)c2)cc(Nc2ccnc(OC)c2)n1. The smallest absolute Gasteiger partial charge is 0.214 e. The molecule has 1 fully saturated rings. The maximum Gasteiger partial charge on any atom is 0.214 e. The summed E-state index contributed by atoms with van der Waals surface area (Å²) in [5.74, 6) is 3.41. The second-order valence-corrected chi connectivity index (χ2v) is 8.04. The molecule has 3 heterocycles. The molecule has 1 saturated carbocycles. The van der Waals surface area contributed by atoms with E-state index in [-0.39, 0.29) is 0 Å². The number of pyridine rings is 2. The molecule has 2 N–H and O–H groups in total. The fourth-order valence-electron chi connectivity index (χ4n) is 3.62. The Morgan fingerprint density at radius 2 is 1.41 bits per heavy atom. The van der Waals surface area contributed by atoms with Crippen LogP contribution in [-0.4, -0.2) is 46.9 Å². The van der Waals surface area contributed by atoms with Gasteiger partial charge in [-0.15, -0.1) is 0 Å². The largest absolute Gasteiger partial charge is 0.481 e. The average Bonchev–Trinajstić information content (AvgIpc) is 3.70. The summed E-state index contributed by atoms with van der Waals surface area (Å²) in [7, 11) is 4.94. The zero-order valence-corrected chi connectivity index (χ0v) is 20.1. The van der Waals surface area contributed by atoms with E-state index in [2.05, 4.69) is 39.4 Å². The van der Waals surface area contributed by atoms with Crippen molar-refractivity contribution < 1.29 is 9.47 Å². The normalized spacial score (nSPS) is 14.3. The van der Waals surface area contributed by atoms with Crippen molar-refractivity contribution in [1.29, 1.82) is 0 Å². The molecule has 3 aromatic rings. The van der Waals surface area contributed by atoms with E-state index < -0.39 is 0 Å². The van der Waals surface area contributed by atoms with Gasteiger partial charge in [0.15, 0.2) is 5.82 Å². The van der Waals surface area contributed by atoms with Gasteiger partial charge in [-0.25, -0.2) is 19.9 Å². The fourth-order valence-corrected chi connectivity index (χ4v) is 3.62. The van der Waals surface area contributed by atoms with Gasteiger partial charge in [-0.1, -0.05) is 5.57 Å². The zero-order valence-electron chi connectivity index (χ0n) is 20.1. The quantitative estimate of drug-likeness (QED) is 0.434. The summed E-state index contributed by atoms with van der Waals surface area (Å²) < 4.78 is 10.5. The highest BCUT2D eigenvalue weighted by atomic mass is 16.5. The van der Waals surface area contributed by atoms with Crippen LogP contribution in [0.5, 0.6) is 11.8 Å². The number of allylic oxidation sites excluding steroid dienone is 2. The molecule has 9 heteroatoms. The van der Waals surface area contributed by atoms with E-state index >= 15 is 0 Å². The Morgan fingerprint density at radius 1 is 0.882 bits per heavy atom. The highest BCUT2D eigenvalue weighted by Gasteiger charge is 2.26. The van der Waals surface area contributed by atoms with Crippen molar-refractivity contribution in [2.45, 2.75) is 26.7 Å². The van der Waals surface area contributed by atoms with E-state index in [4.69, 9.17) is 19.4 Å². The van der Waals surface area contributed by atoms with Crippen LogP contribution in [-0.2, 0) is 0 Å². The monoisotopic (exact) mass is 459 g/mol. The Bertz CT molecular complexity index is 1170. The van der Waals surface area contributed by atoms with Crippen LogP contribution >= 0.6 is 0 Å². The Kier molecular flexibility index (Phi) is 7.01. The molecule has 0 radical (unpaired) electrons. The number of aromatic nitrogens is 4. The summed E-state index contributed by atoms with van der Waals surface area (Å²) in [6.07, 6.45) is 5.80. The second-order valence-electron chi connectivity index (χ2n) is 8.04. The van der Waals surface area contributed by atoms with Gasteiger partial charge in [-0.05, 0) is 50.3 Å². The number of ether oxygens (including phenoxy) is 2. The topological polar surface area (TPSA) is 106 Å². The highest BCUT2D eigenvalue weighted by Crippen LogP contribution is 2.38. The molecule has 3 aromatic heterocycles. The van der Waals surface area contributed by atoms with E-state index in [9.17, 15) is 0 Å². The first kappa shape index (κ1) is 23.2. The lowest BCUT2D eigenvalue weighted by Gasteiger charge is -2.14. The lowest BCUT2D eigenvalue weighted by molar-refractivity contribution is 0.398. The van der Waals surface area contributed by atoms with Gasteiger partial charge in [0.05, 0.1) is 14.2 Å². The zero-order chi connectivity index (χ0) is 24.1. The van der Waals surface area contributed by atoms with Crippen LogP contribution in [0.4, 0.5) is 23.0 Å². The molecule has 0 atom stereocenters. The minimum atomic E-state index is 0.510. The molecule has 0 unspecified atom stereocenters. The van der Waals surface area contributed by atoms with Crippen molar-refractivity contribution >= 4 is 28.7 Å². The first-order valence-electron chi connectivity index (χ1n) is 11.1. The fraction of sp³-hybridized carbons (Fsp3) is 0.320. The Labute approximate surface area is 199 Å². The first-order valence-corrected chi connectivity index (χ1v) is 11.1. The van der Waals surface area contributed by atoms with Crippen molar-refractivity contribution in [2.75, 3.05) is 31.9 Å². The third-order valence-electron chi connectivity index (χ3n) is 5.73. The number of rotatable bonds is 9. The molecular weight excluding hydrogens is 430 g/mol. The molecule has 4 rings (SSSR count). The van der Waals surface area contributed by atoms with Crippen molar-refractivity contribution in [3.8, 4) is 11.8 Å². The van der Waals surface area contributed by atoms with Crippen LogP contribution in [0.3, 0.4) is 0 Å². The molecule has 1 aliphatic rings. The Morgan fingerprint density at radius 3 is 1.85 bits per heavy atom. The Balaban J connectivity index is 1.74. The van der Waals surface area contributed by atoms with E-state index in [1.165, 1.54) is 18.4 Å². The highest BCUT2D eigenvalue weighted by molar-refractivity contribution is 6.10. The molecule has 176 valence electrons. The number of hydrogen-bond acceptors (Lipinski definition) is 9. The van der Waals surface area contributed by atoms with E-state index in [0.717, 1.165) is 22.7 Å². The summed E-state index contributed by atoms with van der Waals surface area (Å²) in [5, 5.41) is 6.66. The molecule has 0 saturated heterocycles.